The lowest BCUT2D eigenvalue weighted by Gasteiger charge is -2.30. The fourth-order valence-corrected chi connectivity index (χ4v) is 4.03. The molecule has 7 nitrogen and oxygen atoms in total. The van der Waals surface area contributed by atoms with Gasteiger partial charge in [-0.15, -0.1) is 0 Å². The van der Waals surface area contributed by atoms with Crippen LogP contribution < -0.4 is 0 Å². The summed E-state index contributed by atoms with van der Waals surface area (Å²) in [5.74, 6) is -1.21. The molecule has 32 heavy (non-hydrogen) atoms. The average molecular weight is 470 g/mol. The molecular weight excluding hydrogens is 451 g/mol. The number of furan rings is 1. The van der Waals surface area contributed by atoms with E-state index >= 15 is 0 Å². The lowest BCUT2D eigenvalue weighted by Crippen LogP contribution is -2.40. The first-order chi connectivity index (χ1) is 15.2. The molecule has 1 aliphatic rings. The molecule has 170 valence electrons. The minimum atomic E-state index is -4.71. The normalized spacial score (nSPS) is 15.3. The van der Waals surface area contributed by atoms with Gasteiger partial charge in [-0.3, -0.25) is 14.0 Å². The van der Waals surface area contributed by atoms with Gasteiger partial charge in [0.15, 0.2) is 11.3 Å². The van der Waals surface area contributed by atoms with Crippen LogP contribution in [0.25, 0.3) is 16.8 Å². The molecule has 3 aromatic rings. The summed E-state index contributed by atoms with van der Waals surface area (Å²) in [5.41, 5.74) is -1.10. The Morgan fingerprint density at radius 1 is 1.28 bits per heavy atom. The summed E-state index contributed by atoms with van der Waals surface area (Å²) in [6.45, 7) is 2.49. The highest BCUT2D eigenvalue weighted by atomic mass is 35.5. The van der Waals surface area contributed by atoms with E-state index in [2.05, 4.69) is 4.98 Å². The number of ether oxygens (including phenoxy) is 1. The minimum Gasteiger partial charge on any atom is -0.472 e. The second kappa shape index (κ2) is 8.50. The molecule has 11 heteroatoms. The molecule has 0 bridgehead atoms. The predicted molar refractivity (Wildman–Crippen MR) is 108 cm³/mol. The van der Waals surface area contributed by atoms with Crippen LogP contribution in [0.15, 0.2) is 35.3 Å². The van der Waals surface area contributed by atoms with E-state index in [0.717, 1.165) is 10.5 Å². The molecule has 1 amide bonds. The molecule has 0 spiro atoms. The zero-order chi connectivity index (χ0) is 23.0. The number of carbonyl (C=O) groups excluding carboxylic acids is 2. The van der Waals surface area contributed by atoms with Crippen molar-refractivity contribution in [2.24, 2.45) is 5.92 Å². The third-order valence-corrected chi connectivity index (χ3v) is 5.79. The summed E-state index contributed by atoms with van der Waals surface area (Å²) in [4.78, 5) is 30.3. The van der Waals surface area contributed by atoms with Crippen molar-refractivity contribution in [2.75, 3.05) is 19.7 Å². The van der Waals surface area contributed by atoms with Gasteiger partial charge in [-0.05, 0) is 31.9 Å². The van der Waals surface area contributed by atoms with E-state index < -0.39 is 23.3 Å². The van der Waals surface area contributed by atoms with Gasteiger partial charge >= 0.3 is 12.1 Å². The molecule has 0 N–H and O–H groups in total. The number of fused-ring (bicyclic) bond motifs is 1. The summed E-state index contributed by atoms with van der Waals surface area (Å²) in [6.07, 6.45) is 0.119. The van der Waals surface area contributed by atoms with Gasteiger partial charge in [-0.25, -0.2) is 4.98 Å². The van der Waals surface area contributed by atoms with Crippen LogP contribution in [0.5, 0.6) is 0 Å². The van der Waals surface area contributed by atoms with E-state index in [-0.39, 0.29) is 48.0 Å². The molecule has 3 aromatic heterocycles. The number of carbonyl (C=O) groups is 2. The number of halogens is 4. The molecule has 4 rings (SSSR count). The van der Waals surface area contributed by atoms with Crippen LogP contribution in [0.4, 0.5) is 13.2 Å². The number of imidazole rings is 1. The summed E-state index contributed by atoms with van der Waals surface area (Å²) in [6, 6.07) is 2.47. The molecule has 1 saturated heterocycles. The van der Waals surface area contributed by atoms with Crippen molar-refractivity contribution in [3.8, 4) is 11.1 Å². The monoisotopic (exact) mass is 469 g/mol. The van der Waals surface area contributed by atoms with Gasteiger partial charge in [-0.2, -0.15) is 13.2 Å². The van der Waals surface area contributed by atoms with Crippen molar-refractivity contribution >= 4 is 29.1 Å². The fourth-order valence-electron chi connectivity index (χ4n) is 3.78. The van der Waals surface area contributed by atoms with Crippen molar-refractivity contribution in [2.45, 2.75) is 25.9 Å². The fraction of sp³-hybridized carbons (Fsp3) is 0.381. The van der Waals surface area contributed by atoms with Crippen molar-refractivity contribution < 1.29 is 31.9 Å². The number of aromatic nitrogens is 2. The van der Waals surface area contributed by atoms with E-state index in [1.54, 1.807) is 6.92 Å². The van der Waals surface area contributed by atoms with Crippen molar-refractivity contribution in [1.29, 1.82) is 0 Å². The van der Waals surface area contributed by atoms with E-state index in [4.69, 9.17) is 20.8 Å². The lowest BCUT2D eigenvalue weighted by molar-refractivity contribution is -0.149. The number of hydrogen-bond donors (Lipinski definition) is 0. The number of esters is 1. The van der Waals surface area contributed by atoms with Crippen LogP contribution in [-0.4, -0.2) is 45.9 Å². The summed E-state index contributed by atoms with van der Waals surface area (Å²) >= 11 is 6.34. The van der Waals surface area contributed by atoms with Crippen LogP contribution in [-0.2, 0) is 15.7 Å². The zero-order valence-corrected chi connectivity index (χ0v) is 17.7. The second-order valence-corrected chi connectivity index (χ2v) is 7.77. The van der Waals surface area contributed by atoms with Crippen LogP contribution in [0.2, 0.25) is 5.15 Å². The predicted octanol–water partition coefficient (Wildman–Crippen LogP) is 4.68. The van der Waals surface area contributed by atoms with Crippen LogP contribution >= 0.6 is 11.6 Å². The van der Waals surface area contributed by atoms with Crippen molar-refractivity contribution in [1.82, 2.24) is 14.3 Å². The number of pyridine rings is 1. The smallest absolute Gasteiger partial charge is 0.420 e. The number of hydrogen-bond acceptors (Lipinski definition) is 5. The third-order valence-electron chi connectivity index (χ3n) is 5.43. The Bertz CT molecular complexity index is 1150. The number of likely N-dealkylation sites (tertiary alicyclic amines) is 1. The number of amides is 1. The highest BCUT2D eigenvalue weighted by Gasteiger charge is 2.37. The first-order valence-corrected chi connectivity index (χ1v) is 10.4. The standard InChI is InChI=1S/C21H19ClF3N3O4/c1-2-32-20(30)12-3-6-27(7-4-12)19(29)16-17(22)28-10-14(13-5-8-31-11-13)9-15(18(28)26-16)21(23,24)25/h5,8-12H,2-4,6-7H2,1H3. The zero-order valence-electron chi connectivity index (χ0n) is 17.0. The molecule has 0 atom stereocenters. The number of piperidine rings is 1. The Labute approximate surface area is 185 Å². The Balaban J connectivity index is 1.68. The highest BCUT2D eigenvalue weighted by Crippen LogP contribution is 2.37. The number of rotatable bonds is 4. The quantitative estimate of drug-likeness (QED) is 0.518. The van der Waals surface area contributed by atoms with E-state index in [9.17, 15) is 22.8 Å². The van der Waals surface area contributed by atoms with Crippen molar-refractivity contribution in [3.05, 3.63) is 47.3 Å². The molecular formula is C21H19ClF3N3O4. The molecule has 4 heterocycles. The maximum absolute atomic E-state index is 13.8. The lowest BCUT2D eigenvalue weighted by atomic mass is 9.97. The number of nitrogens with zero attached hydrogens (tertiary/aromatic N) is 3. The van der Waals surface area contributed by atoms with Gasteiger partial charge in [0, 0.05) is 30.4 Å². The van der Waals surface area contributed by atoms with Crippen LogP contribution in [0.3, 0.4) is 0 Å². The maximum atomic E-state index is 13.8. The van der Waals surface area contributed by atoms with Crippen molar-refractivity contribution in [3.63, 3.8) is 0 Å². The Morgan fingerprint density at radius 3 is 2.59 bits per heavy atom. The minimum absolute atomic E-state index is 0.214. The van der Waals surface area contributed by atoms with Crippen LogP contribution in [0, 0.1) is 5.92 Å². The molecule has 1 fully saturated rings. The summed E-state index contributed by atoms with van der Waals surface area (Å²) < 4.78 is 52.3. The molecule has 0 aliphatic carbocycles. The van der Waals surface area contributed by atoms with Gasteiger partial charge in [0.05, 0.1) is 30.6 Å². The SMILES string of the molecule is CCOC(=O)C1CCN(C(=O)c2nc3c(C(F)(F)F)cc(-c4ccoc4)cn3c2Cl)CC1. The second-order valence-electron chi connectivity index (χ2n) is 7.42. The molecule has 0 aromatic carbocycles. The third kappa shape index (κ3) is 4.06. The van der Waals surface area contributed by atoms with Gasteiger partial charge < -0.3 is 14.1 Å². The molecule has 0 saturated carbocycles. The maximum Gasteiger partial charge on any atom is 0.420 e. The number of alkyl halides is 3. The van der Waals surface area contributed by atoms with Gasteiger partial charge in [0.2, 0.25) is 0 Å². The van der Waals surface area contributed by atoms with E-state index in [0.29, 0.717) is 18.4 Å². The molecule has 1 aliphatic heterocycles. The van der Waals surface area contributed by atoms with E-state index in [1.807, 2.05) is 0 Å². The van der Waals surface area contributed by atoms with E-state index in [1.165, 1.54) is 29.7 Å². The van der Waals surface area contributed by atoms with Gasteiger partial charge in [0.25, 0.3) is 5.91 Å². The first kappa shape index (κ1) is 22.2. The Hall–Kier alpha value is -3.01. The largest absolute Gasteiger partial charge is 0.472 e. The Kier molecular flexibility index (Phi) is 5.89. The first-order valence-electron chi connectivity index (χ1n) is 9.98. The molecule has 0 unspecified atom stereocenters. The summed E-state index contributed by atoms with van der Waals surface area (Å²) in [5, 5.41) is -0.214. The molecule has 0 radical (unpaired) electrons. The average Bonchev–Trinajstić information content (AvgIpc) is 3.41. The van der Waals surface area contributed by atoms with Gasteiger partial charge in [0.1, 0.15) is 5.15 Å². The Morgan fingerprint density at radius 2 is 2.00 bits per heavy atom. The summed E-state index contributed by atoms with van der Waals surface area (Å²) in [7, 11) is 0. The topological polar surface area (TPSA) is 77.0 Å². The van der Waals surface area contributed by atoms with Gasteiger partial charge in [-0.1, -0.05) is 11.6 Å². The van der Waals surface area contributed by atoms with Crippen LogP contribution in [0.1, 0.15) is 35.8 Å². The highest BCUT2D eigenvalue weighted by molar-refractivity contribution is 6.33.